The molecule has 0 saturated carbocycles. The fraction of sp³-hybridized carbons (Fsp3) is 0.200. The molecule has 0 saturated heterocycles. The van der Waals surface area contributed by atoms with Crippen LogP contribution in [0.2, 0.25) is 0 Å². The van der Waals surface area contributed by atoms with Crippen LogP contribution in [0.4, 0.5) is 11.6 Å². The van der Waals surface area contributed by atoms with Gasteiger partial charge in [-0.15, -0.1) is 0 Å². The summed E-state index contributed by atoms with van der Waals surface area (Å²) in [4.78, 5) is 8.94. The van der Waals surface area contributed by atoms with E-state index in [2.05, 4.69) is 25.5 Å². The second-order valence-electron chi connectivity index (χ2n) is 6.80. The third-order valence-electron chi connectivity index (χ3n) is 4.24. The molecule has 1 aromatic carbocycles. The van der Waals surface area contributed by atoms with Crippen molar-refractivity contribution >= 4 is 17.2 Å². The Balaban J connectivity index is 1.79. The van der Waals surface area contributed by atoms with Gasteiger partial charge in [0.1, 0.15) is 17.0 Å². The van der Waals surface area contributed by atoms with Gasteiger partial charge in [-0.05, 0) is 44.2 Å². The molecule has 8 nitrogen and oxygen atoms in total. The number of rotatable bonds is 5. The van der Waals surface area contributed by atoms with E-state index in [1.54, 1.807) is 39.4 Å². The van der Waals surface area contributed by atoms with Gasteiger partial charge < -0.3 is 15.2 Å². The van der Waals surface area contributed by atoms with Crippen LogP contribution in [0.3, 0.4) is 0 Å². The number of hydrogen-bond donors (Lipinski definition) is 2. The number of nitrogens with one attached hydrogen (secondary N) is 1. The fourth-order valence-electron chi connectivity index (χ4n) is 2.96. The summed E-state index contributed by atoms with van der Waals surface area (Å²) in [5.74, 6) is 1.16. The lowest BCUT2D eigenvalue weighted by Gasteiger charge is -2.16. The van der Waals surface area contributed by atoms with Crippen molar-refractivity contribution < 1.29 is 9.84 Å². The predicted molar refractivity (Wildman–Crippen MR) is 106 cm³/mol. The molecule has 0 fully saturated rings. The van der Waals surface area contributed by atoms with E-state index in [-0.39, 0.29) is 0 Å². The summed E-state index contributed by atoms with van der Waals surface area (Å²) in [6.45, 7) is 3.38. The van der Waals surface area contributed by atoms with Crippen LogP contribution in [0.1, 0.15) is 19.5 Å². The quantitative estimate of drug-likeness (QED) is 0.552. The van der Waals surface area contributed by atoms with E-state index >= 15 is 0 Å². The van der Waals surface area contributed by atoms with Crippen molar-refractivity contribution in [1.29, 1.82) is 0 Å². The second kappa shape index (κ2) is 6.90. The zero-order valence-electron chi connectivity index (χ0n) is 15.8. The largest absolute Gasteiger partial charge is 0.497 e. The van der Waals surface area contributed by atoms with Crippen molar-refractivity contribution in [2.45, 2.75) is 19.4 Å². The lowest BCUT2D eigenvalue weighted by molar-refractivity contribution is 0.0739. The Morgan fingerprint density at radius 1 is 1.11 bits per heavy atom. The Bertz CT molecular complexity index is 1130. The van der Waals surface area contributed by atoms with Gasteiger partial charge in [-0.25, -0.2) is 9.97 Å². The molecule has 28 heavy (non-hydrogen) atoms. The summed E-state index contributed by atoms with van der Waals surface area (Å²) in [6.07, 6.45) is 3.31. The number of methoxy groups -OCH3 is 1. The van der Waals surface area contributed by atoms with E-state index in [1.807, 2.05) is 36.4 Å². The maximum Gasteiger partial charge on any atom is 0.227 e. The predicted octanol–water partition coefficient (Wildman–Crippen LogP) is 3.17. The van der Waals surface area contributed by atoms with Gasteiger partial charge in [-0.2, -0.15) is 14.8 Å². The molecule has 0 aliphatic carbocycles. The molecule has 4 rings (SSSR count). The lowest BCUT2D eigenvalue weighted by atomic mass is 9.98. The Morgan fingerprint density at radius 3 is 2.75 bits per heavy atom. The Morgan fingerprint density at radius 2 is 1.96 bits per heavy atom. The van der Waals surface area contributed by atoms with Gasteiger partial charge in [0.15, 0.2) is 0 Å². The maximum absolute atomic E-state index is 10.6. The fourth-order valence-corrected chi connectivity index (χ4v) is 2.96. The van der Waals surface area contributed by atoms with Gasteiger partial charge >= 0.3 is 0 Å². The summed E-state index contributed by atoms with van der Waals surface area (Å²) < 4.78 is 6.75. The molecule has 0 amide bonds. The van der Waals surface area contributed by atoms with Crippen LogP contribution in [-0.2, 0) is 5.60 Å². The molecule has 0 atom stereocenters. The molecule has 0 spiro atoms. The smallest absolute Gasteiger partial charge is 0.227 e. The highest BCUT2D eigenvalue weighted by atomic mass is 16.5. The first-order chi connectivity index (χ1) is 13.5. The minimum Gasteiger partial charge on any atom is -0.497 e. The van der Waals surface area contributed by atoms with Crippen LogP contribution in [0.15, 0.2) is 54.9 Å². The number of benzene rings is 1. The van der Waals surface area contributed by atoms with Gasteiger partial charge in [-0.1, -0.05) is 6.07 Å². The molecule has 2 N–H and O–H groups in total. The second-order valence-corrected chi connectivity index (χ2v) is 6.80. The molecule has 3 aromatic heterocycles. The normalized spacial score (nSPS) is 11.6. The molecule has 0 aliphatic heterocycles. The van der Waals surface area contributed by atoms with Crippen molar-refractivity contribution in [3.63, 3.8) is 0 Å². The van der Waals surface area contributed by atoms with Crippen molar-refractivity contribution in [3.05, 3.63) is 60.6 Å². The standard InChI is InChI=1S/C20H20N6O2/c1-20(2,27)18-17(16-8-5-10-22-26(16)25-18)15-9-11-21-19(24-15)23-13-6-4-7-14(12-13)28-3/h4-12,27H,1-3H3,(H,21,23,24). The summed E-state index contributed by atoms with van der Waals surface area (Å²) in [6, 6.07) is 13.0. The van der Waals surface area contributed by atoms with E-state index in [0.29, 0.717) is 17.3 Å². The van der Waals surface area contributed by atoms with Crippen LogP contribution >= 0.6 is 0 Å². The van der Waals surface area contributed by atoms with Gasteiger partial charge in [0.2, 0.25) is 5.95 Å². The number of nitrogens with zero attached hydrogens (tertiary/aromatic N) is 5. The number of hydrogen-bond acceptors (Lipinski definition) is 7. The topological polar surface area (TPSA) is 97.5 Å². The first-order valence-electron chi connectivity index (χ1n) is 8.77. The van der Waals surface area contributed by atoms with Gasteiger partial charge in [0.05, 0.1) is 23.9 Å². The Hall–Kier alpha value is -3.52. The van der Waals surface area contributed by atoms with E-state index in [1.165, 1.54) is 4.63 Å². The number of ether oxygens (including phenoxy) is 1. The van der Waals surface area contributed by atoms with Crippen molar-refractivity contribution in [1.82, 2.24) is 24.8 Å². The Kier molecular flexibility index (Phi) is 4.40. The zero-order chi connectivity index (χ0) is 19.7. The summed E-state index contributed by atoms with van der Waals surface area (Å²) in [7, 11) is 1.62. The van der Waals surface area contributed by atoms with E-state index in [0.717, 1.165) is 22.5 Å². The minimum atomic E-state index is -1.16. The highest BCUT2D eigenvalue weighted by molar-refractivity contribution is 5.81. The van der Waals surface area contributed by atoms with Gasteiger partial charge in [0, 0.05) is 24.1 Å². The highest BCUT2D eigenvalue weighted by Crippen LogP contribution is 2.33. The first kappa shape index (κ1) is 17.9. The molecule has 0 bridgehead atoms. The number of aliphatic hydroxyl groups is 1. The first-order valence-corrected chi connectivity index (χ1v) is 8.77. The zero-order valence-corrected chi connectivity index (χ0v) is 15.8. The molecular formula is C20H20N6O2. The van der Waals surface area contributed by atoms with Crippen molar-refractivity contribution in [2.75, 3.05) is 12.4 Å². The minimum absolute atomic E-state index is 0.427. The molecule has 0 radical (unpaired) electrons. The van der Waals surface area contributed by atoms with Crippen LogP contribution in [-0.4, -0.2) is 37.0 Å². The van der Waals surface area contributed by atoms with Gasteiger partial charge in [0.25, 0.3) is 0 Å². The van der Waals surface area contributed by atoms with Crippen molar-refractivity contribution in [2.24, 2.45) is 0 Å². The highest BCUT2D eigenvalue weighted by Gasteiger charge is 2.28. The molecule has 142 valence electrons. The third kappa shape index (κ3) is 3.37. The number of anilines is 2. The molecule has 0 aliphatic rings. The summed E-state index contributed by atoms with van der Waals surface area (Å²) in [5.41, 5.74) is 2.26. The SMILES string of the molecule is COc1cccc(Nc2nccc(-c3c(C(C)(C)O)nn4ncccc34)n2)c1. The molecular weight excluding hydrogens is 356 g/mol. The van der Waals surface area contributed by atoms with Gasteiger partial charge in [-0.3, -0.25) is 0 Å². The van der Waals surface area contributed by atoms with E-state index in [9.17, 15) is 5.11 Å². The van der Waals surface area contributed by atoms with Crippen LogP contribution in [0, 0.1) is 0 Å². The lowest BCUT2D eigenvalue weighted by Crippen LogP contribution is -2.17. The average Bonchev–Trinajstić information content (AvgIpc) is 3.08. The molecule has 4 aromatic rings. The van der Waals surface area contributed by atoms with Crippen LogP contribution < -0.4 is 10.1 Å². The van der Waals surface area contributed by atoms with E-state index in [4.69, 9.17) is 4.74 Å². The summed E-state index contributed by atoms with van der Waals surface area (Å²) in [5, 5.41) is 22.5. The van der Waals surface area contributed by atoms with Crippen LogP contribution in [0.25, 0.3) is 16.8 Å². The Labute approximate surface area is 161 Å². The van der Waals surface area contributed by atoms with Crippen molar-refractivity contribution in [3.8, 4) is 17.0 Å². The average molecular weight is 376 g/mol. The number of aromatic nitrogens is 5. The summed E-state index contributed by atoms with van der Waals surface area (Å²) >= 11 is 0. The molecule has 8 heteroatoms. The third-order valence-corrected chi connectivity index (χ3v) is 4.24. The molecule has 3 heterocycles. The monoisotopic (exact) mass is 376 g/mol. The van der Waals surface area contributed by atoms with Crippen LogP contribution in [0.5, 0.6) is 5.75 Å². The van der Waals surface area contributed by atoms with E-state index < -0.39 is 5.60 Å². The maximum atomic E-state index is 10.6. The number of fused-ring (bicyclic) bond motifs is 1. The molecule has 0 unspecified atom stereocenters.